The van der Waals surface area contributed by atoms with Gasteiger partial charge in [-0.05, 0) is 24.6 Å². The Bertz CT molecular complexity index is 886. The van der Waals surface area contributed by atoms with Crippen LogP contribution in [0.3, 0.4) is 0 Å². The van der Waals surface area contributed by atoms with Crippen molar-refractivity contribution in [2.24, 2.45) is 7.05 Å². The van der Waals surface area contributed by atoms with E-state index in [2.05, 4.69) is 10.3 Å². The largest absolute Gasteiger partial charge is 0.461 e. The van der Waals surface area contributed by atoms with E-state index in [9.17, 15) is 13.2 Å². The molecule has 1 atom stereocenters. The minimum atomic E-state index is -3.77. The van der Waals surface area contributed by atoms with Crippen molar-refractivity contribution in [3.05, 3.63) is 48.0 Å². The molecule has 2 aromatic rings. The lowest BCUT2D eigenvalue weighted by Crippen LogP contribution is -2.48. The molecule has 3 heterocycles. The number of aromatic nitrogens is 2. The summed E-state index contributed by atoms with van der Waals surface area (Å²) in [5.41, 5.74) is 1.03. The second kappa shape index (κ2) is 8.83. The summed E-state index contributed by atoms with van der Waals surface area (Å²) in [5.74, 6) is -0.541. The van der Waals surface area contributed by atoms with E-state index in [1.54, 1.807) is 32.4 Å². The normalized spacial score (nSPS) is 17.9. The zero-order valence-electron chi connectivity index (χ0n) is 15.2. The Morgan fingerprint density at radius 3 is 2.89 bits per heavy atom. The van der Waals surface area contributed by atoms with Crippen molar-refractivity contribution in [2.75, 3.05) is 26.2 Å². The lowest BCUT2D eigenvalue weighted by molar-refractivity contribution is 0.0515. The Kier molecular flexibility index (Phi) is 6.99. The van der Waals surface area contributed by atoms with Gasteiger partial charge in [-0.1, -0.05) is 6.07 Å². The van der Waals surface area contributed by atoms with E-state index in [4.69, 9.17) is 4.74 Å². The number of carbonyl (C=O) groups is 1. The zero-order valence-corrected chi connectivity index (χ0v) is 16.8. The van der Waals surface area contributed by atoms with Crippen LogP contribution in [0.1, 0.15) is 29.0 Å². The van der Waals surface area contributed by atoms with Crippen molar-refractivity contribution >= 4 is 28.4 Å². The van der Waals surface area contributed by atoms with Crippen molar-refractivity contribution in [1.82, 2.24) is 19.2 Å². The summed E-state index contributed by atoms with van der Waals surface area (Å²) in [6.45, 7) is 3.34. The molecule has 0 radical (unpaired) electrons. The fourth-order valence-corrected chi connectivity index (χ4v) is 4.73. The Morgan fingerprint density at radius 2 is 2.22 bits per heavy atom. The summed E-state index contributed by atoms with van der Waals surface area (Å²) in [5, 5.41) is 3.23. The molecular formula is C17H23ClN4O4S. The SMILES string of the molecule is CCOC(=O)c1cc(S(=O)(=O)N2CCNCC2c2cccnc2)cn1C.Cl. The topological polar surface area (TPSA) is 93.5 Å². The molecule has 10 heteroatoms. The van der Waals surface area contributed by atoms with Gasteiger partial charge in [-0.25, -0.2) is 13.2 Å². The van der Waals surface area contributed by atoms with Gasteiger partial charge in [0, 0.05) is 45.3 Å². The fourth-order valence-electron chi connectivity index (χ4n) is 3.05. The Balaban J connectivity index is 0.00000261. The molecule has 1 saturated heterocycles. The molecule has 8 nitrogen and oxygen atoms in total. The van der Waals surface area contributed by atoms with Gasteiger partial charge in [0.25, 0.3) is 0 Å². The molecule has 0 spiro atoms. The van der Waals surface area contributed by atoms with Crippen molar-refractivity contribution in [3.8, 4) is 0 Å². The van der Waals surface area contributed by atoms with Gasteiger partial charge in [0.2, 0.25) is 10.0 Å². The van der Waals surface area contributed by atoms with Crippen LogP contribution in [0.25, 0.3) is 0 Å². The zero-order chi connectivity index (χ0) is 18.7. The van der Waals surface area contributed by atoms with E-state index in [1.165, 1.54) is 21.1 Å². The van der Waals surface area contributed by atoms with Crippen molar-refractivity contribution in [3.63, 3.8) is 0 Å². The summed E-state index contributed by atoms with van der Waals surface area (Å²) in [6, 6.07) is 4.67. The van der Waals surface area contributed by atoms with Crippen molar-refractivity contribution < 1.29 is 17.9 Å². The maximum absolute atomic E-state index is 13.2. The lowest BCUT2D eigenvalue weighted by Gasteiger charge is -2.35. The summed E-state index contributed by atoms with van der Waals surface area (Å²) < 4.78 is 34.4. The number of nitrogens with one attached hydrogen (secondary N) is 1. The van der Waals surface area contributed by atoms with Crippen LogP contribution in [0.4, 0.5) is 0 Å². The molecule has 1 fully saturated rings. The predicted molar refractivity (Wildman–Crippen MR) is 102 cm³/mol. The highest BCUT2D eigenvalue weighted by Crippen LogP contribution is 2.29. The molecule has 1 aliphatic heterocycles. The minimum absolute atomic E-state index is 0. The maximum Gasteiger partial charge on any atom is 0.354 e. The molecule has 3 rings (SSSR count). The highest BCUT2D eigenvalue weighted by atomic mass is 35.5. The predicted octanol–water partition coefficient (Wildman–Crippen LogP) is 1.35. The van der Waals surface area contributed by atoms with Gasteiger partial charge >= 0.3 is 5.97 Å². The van der Waals surface area contributed by atoms with Gasteiger partial charge in [-0.3, -0.25) is 4.98 Å². The third kappa shape index (κ3) is 4.32. The van der Waals surface area contributed by atoms with Crippen LogP contribution < -0.4 is 5.32 Å². The summed E-state index contributed by atoms with van der Waals surface area (Å²) in [4.78, 5) is 16.2. The fraction of sp³-hybridized carbons (Fsp3) is 0.412. The molecule has 1 N–H and O–H groups in total. The standard InChI is InChI=1S/C17H22N4O4S.ClH/c1-3-25-17(22)15-9-14(12-20(15)2)26(23,24)21-8-7-19-11-16(21)13-5-4-6-18-10-13;/h4-6,9-10,12,16,19H,3,7-8,11H2,1-2H3;1H. The van der Waals surface area contributed by atoms with Gasteiger partial charge in [-0.2, -0.15) is 4.31 Å². The van der Waals surface area contributed by atoms with E-state index in [-0.39, 0.29) is 35.6 Å². The molecule has 0 saturated carbocycles. The Labute approximate surface area is 165 Å². The van der Waals surface area contributed by atoms with Gasteiger partial charge < -0.3 is 14.6 Å². The summed E-state index contributed by atoms with van der Waals surface area (Å²) in [6.07, 6.45) is 4.78. The highest BCUT2D eigenvalue weighted by Gasteiger charge is 2.35. The number of pyridine rings is 1. The van der Waals surface area contributed by atoms with Crippen LogP contribution in [-0.4, -0.2) is 54.5 Å². The lowest BCUT2D eigenvalue weighted by atomic mass is 10.1. The van der Waals surface area contributed by atoms with Crippen LogP contribution in [-0.2, 0) is 21.8 Å². The molecular weight excluding hydrogens is 392 g/mol. The molecule has 1 aliphatic rings. The van der Waals surface area contributed by atoms with Crippen molar-refractivity contribution in [2.45, 2.75) is 17.9 Å². The van der Waals surface area contributed by atoms with Gasteiger partial charge in [0.15, 0.2) is 0 Å². The van der Waals surface area contributed by atoms with Crippen LogP contribution in [0.15, 0.2) is 41.7 Å². The summed E-state index contributed by atoms with van der Waals surface area (Å²) >= 11 is 0. The van der Waals surface area contributed by atoms with Crippen LogP contribution in [0.5, 0.6) is 0 Å². The number of carbonyl (C=O) groups excluding carboxylic acids is 1. The molecule has 0 aromatic carbocycles. The monoisotopic (exact) mass is 414 g/mol. The number of aryl methyl sites for hydroxylation is 1. The smallest absolute Gasteiger partial charge is 0.354 e. The molecule has 0 aliphatic carbocycles. The first-order valence-corrected chi connectivity index (χ1v) is 9.85. The van der Waals surface area contributed by atoms with Gasteiger partial charge in [0.05, 0.1) is 12.6 Å². The second-order valence-electron chi connectivity index (χ2n) is 6.01. The van der Waals surface area contributed by atoms with Crippen LogP contribution >= 0.6 is 12.4 Å². The molecule has 1 unspecified atom stereocenters. The van der Waals surface area contributed by atoms with E-state index >= 15 is 0 Å². The molecule has 2 aromatic heterocycles. The first-order valence-electron chi connectivity index (χ1n) is 8.41. The van der Waals surface area contributed by atoms with E-state index < -0.39 is 16.0 Å². The van der Waals surface area contributed by atoms with E-state index in [0.717, 1.165) is 5.56 Å². The third-order valence-corrected chi connectivity index (χ3v) is 6.21. The van der Waals surface area contributed by atoms with Crippen LogP contribution in [0.2, 0.25) is 0 Å². The summed E-state index contributed by atoms with van der Waals surface area (Å²) in [7, 11) is -2.15. The second-order valence-corrected chi connectivity index (χ2v) is 7.91. The van der Waals surface area contributed by atoms with Crippen molar-refractivity contribution in [1.29, 1.82) is 0 Å². The van der Waals surface area contributed by atoms with E-state index in [1.807, 2.05) is 6.07 Å². The highest BCUT2D eigenvalue weighted by molar-refractivity contribution is 7.89. The average Bonchev–Trinajstić information content (AvgIpc) is 3.05. The number of sulfonamides is 1. The molecule has 0 amide bonds. The average molecular weight is 415 g/mol. The number of rotatable bonds is 5. The maximum atomic E-state index is 13.2. The molecule has 27 heavy (non-hydrogen) atoms. The first kappa shape index (κ1) is 21.4. The quantitative estimate of drug-likeness (QED) is 0.742. The van der Waals surface area contributed by atoms with Crippen LogP contribution in [0, 0.1) is 0 Å². The first-order chi connectivity index (χ1) is 12.4. The number of esters is 1. The minimum Gasteiger partial charge on any atom is -0.461 e. The number of halogens is 1. The number of ether oxygens (including phenoxy) is 1. The van der Waals surface area contributed by atoms with Gasteiger partial charge in [0.1, 0.15) is 10.6 Å². The third-order valence-electron chi connectivity index (χ3n) is 4.33. The molecule has 148 valence electrons. The number of hydrogen-bond acceptors (Lipinski definition) is 6. The number of hydrogen-bond donors (Lipinski definition) is 1. The molecule has 0 bridgehead atoms. The number of piperazine rings is 1. The number of nitrogens with zero attached hydrogens (tertiary/aromatic N) is 3. The van der Waals surface area contributed by atoms with Gasteiger partial charge in [-0.15, -0.1) is 12.4 Å². The van der Waals surface area contributed by atoms with E-state index in [0.29, 0.717) is 19.6 Å². The Hall–Kier alpha value is -1.94. The Morgan fingerprint density at radius 1 is 1.44 bits per heavy atom.